The van der Waals surface area contributed by atoms with Gasteiger partial charge in [-0.15, -0.1) is 0 Å². The molecule has 0 aliphatic heterocycles. The van der Waals surface area contributed by atoms with Crippen molar-refractivity contribution >= 4 is 0 Å². The van der Waals surface area contributed by atoms with Crippen LogP contribution in [0.5, 0.6) is 0 Å². The highest BCUT2D eigenvalue weighted by atomic mass is 16.3. The van der Waals surface area contributed by atoms with Crippen LogP contribution in [0.2, 0.25) is 0 Å². The molecule has 0 spiro atoms. The molecule has 0 amide bonds. The van der Waals surface area contributed by atoms with Gasteiger partial charge in [0, 0.05) is 11.1 Å². The third-order valence-corrected chi connectivity index (χ3v) is 5.02. The maximum atomic E-state index is 6.11. The first-order chi connectivity index (χ1) is 11.9. The largest absolute Gasteiger partial charge is 0.456 e. The molecule has 0 bridgehead atoms. The summed E-state index contributed by atoms with van der Waals surface area (Å²) < 4.78 is 6.11. The number of benzene rings is 2. The zero-order valence-electron chi connectivity index (χ0n) is 16.0. The van der Waals surface area contributed by atoms with E-state index in [0.717, 1.165) is 29.1 Å². The van der Waals surface area contributed by atoms with Crippen molar-refractivity contribution < 1.29 is 4.42 Å². The minimum absolute atomic E-state index is 0.171. The maximum absolute atomic E-state index is 6.11. The summed E-state index contributed by atoms with van der Waals surface area (Å²) in [6.45, 7) is 11.2. The van der Waals surface area contributed by atoms with E-state index in [4.69, 9.17) is 4.42 Å². The molecule has 1 heteroatoms. The Labute approximate surface area is 151 Å². The Morgan fingerprint density at radius 1 is 0.760 bits per heavy atom. The molecule has 130 valence electrons. The lowest BCUT2D eigenvalue weighted by atomic mass is 9.86. The predicted molar refractivity (Wildman–Crippen MR) is 107 cm³/mol. The van der Waals surface area contributed by atoms with Gasteiger partial charge in [0.25, 0.3) is 0 Å². The average Bonchev–Trinajstić information content (AvgIpc) is 3.10. The zero-order valence-corrected chi connectivity index (χ0v) is 16.0. The van der Waals surface area contributed by atoms with Gasteiger partial charge < -0.3 is 4.42 Å². The summed E-state index contributed by atoms with van der Waals surface area (Å²) in [5, 5.41) is 0. The Morgan fingerprint density at radius 3 is 1.68 bits per heavy atom. The van der Waals surface area contributed by atoms with E-state index in [9.17, 15) is 0 Å². The molecule has 0 aliphatic rings. The van der Waals surface area contributed by atoms with Gasteiger partial charge in [0.2, 0.25) is 0 Å². The highest BCUT2D eigenvalue weighted by Gasteiger charge is 2.14. The van der Waals surface area contributed by atoms with E-state index < -0.39 is 0 Å². The Morgan fingerprint density at radius 2 is 1.24 bits per heavy atom. The number of furan rings is 1. The van der Waals surface area contributed by atoms with Gasteiger partial charge in [0.1, 0.15) is 11.5 Å². The smallest absolute Gasteiger partial charge is 0.134 e. The van der Waals surface area contributed by atoms with Crippen LogP contribution in [0.15, 0.2) is 65.1 Å². The minimum atomic E-state index is 0.171. The topological polar surface area (TPSA) is 13.1 Å². The van der Waals surface area contributed by atoms with Crippen molar-refractivity contribution in [1.82, 2.24) is 0 Å². The van der Waals surface area contributed by atoms with Crippen LogP contribution >= 0.6 is 0 Å². The summed E-state index contributed by atoms with van der Waals surface area (Å²) in [6.07, 6.45) is 1.16. The summed E-state index contributed by atoms with van der Waals surface area (Å²) in [5.74, 6) is 2.44. The normalized spacial score (nSPS) is 13.0. The lowest BCUT2D eigenvalue weighted by molar-refractivity contribution is 0.588. The Bertz CT molecular complexity index is 814. The number of hydrogen-bond acceptors (Lipinski definition) is 1. The molecule has 0 aliphatic carbocycles. The highest BCUT2D eigenvalue weighted by molar-refractivity contribution is 5.65. The van der Waals surface area contributed by atoms with Crippen LogP contribution in [0.4, 0.5) is 0 Å². The monoisotopic (exact) mass is 332 g/mol. The van der Waals surface area contributed by atoms with Crippen LogP contribution in [-0.2, 0) is 5.41 Å². The Balaban J connectivity index is 1.82. The molecule has 25 heavy (non-hydrogen) atoms. The first kappa shape index (κ1) is 17.5. The number of rotatable bonds is 4. The van der Waals surface area contributed by atoms with Crippen molar-refractivity contribution in [3.05, 3.63) is 71.8 Å². The second kappa shape index (κ2) is 6.92. The van der Waals surface area contributed by atoms with Gasteiger partial charge in [-0.2, -0.15) is 0 Å². The van der Waals surface area contributed by atoms with Crippen LogP contribution in [0.25, 0.3) is 22.6 Å². The van der Waals surface area contributed by atoms with Gasteiger partial charge in [-0.05, 0) is 41.0 Å². The number of hydrogen-bond donors (Lipinski definition) is 0. The van der Waals surface area contributed by atoms with Gasteiger partial charge in [-0.25, -0.2) is 0 Å². The third-order valence-electron chi connectivity index (χ3n) is 5.02. The van der Waals surface area contributed by atoms with Crippen LogP contribution in [-0.4, -0.2) is 0 Å². The van der Waals surface area contributed by atoms with Gasteiger partial charge in [-0.1, -0.05) is 83.1 Å². The SMILES string of the molecule is CCC(C)c1ccc(-c2ccc(-c3ccc(C(C)(C)C)cc3)o2)cc1. The first-order valence-corrected chi connectivity index (χ1v) is 9.19. The van der Waals surface area contributed by atoms with Crippen LogP contribution in [0.1, 0.15) is 58.1 Å². The minimum Gasteiger partial charge on any atom is -0.456 e. The van der Waals surface area contributed by atoms with E-state index in [1.54, 1.807) is 0 Å². The van der Waals surface area contributed by atoms with Crippen LogP contribution in [0.3, 0.4) is 0 Å². The Hall–Kier alpha value is -2.28. The molecule has 0 saturated heterocycles. The molecular weight excluding hydrogens is 304 g/mol. The molecule has 3 aromatic rings. The lowest BCUT2D eigenvalue weighted by Crippen LogP contribution is -2.10. The highest BCUT2D eigenvalue weighted by Crippen LogP contribution is 2.31. The van der Waals surface area contributed by atoms with E-state index in [1.165, 1.54) is 11.1 Å². The molecule has 1 heterocycles. The van der Waals surface area contributed by atoms with Gasteiger partial charge in [0.05, 0.1) is 0 Å². The molecule has 0 N–H and O–H groups in total. The van der Waals surface area contributed by atoms with E-state index in [-0.39, 0.29) is 5.41 Å². The lowest BCUT2D eigenvalue weighted by Gasteiger charge is -2.18. The first-order valence-electron chi connectivity index (χ1n) is 9.19. The maximum Gasteiger partial charge on any atom is 0.134 e. The summed E-state index contributed by atoms with van der Waals surface area (Å²) in [4.78, 5) is 0. The van der Waals surface area contributed by atoms with E-state index in [0.29, 0.717) is 5.92 Å². The molecule has 3 rings (SSSR count). The average molecular weight is 332 g/mol. The van der Waals surface area contributed by atoms with Crippen molar-refractivity contribution in [2.75, 3.05) is 0 Å². The van der Waals surface area contributed by atoms with Crippen molar-refractivity contribution in [2.45, 2.75) is 52.4 Å². The van der Waals surface area contributed by atoms with E-state index in [1.807, 2.05) is 0 Å². The van der Waals surface area contributed by atoms with Gasteiger partial charge in [-0.3, -0.25) is 0 Å². The summed E-state index contributed by atoms with van der Waals surface area (Å²) >= 11 is 0. The van der Waals surface area contributed by atoms with Crippen molar-refractivity contribution in [3.8, 4) is 22.6 Å². The molecule has 1 unspecified atom stereocenters. The van der Waals surface area contributed by atoms with Crippen molar-refractivity contribution in [1.29, 1.82) is 0 Å². The second-order valence-electron chi connectivity index (χ2n) is 7.92. The van der Waals surface area contributed by atoms with Crippen molar-refractivity contribution in [3.63, 3.8) is 0 Å². The summed E-state index contributed by atoms with van der Waals surface area (Å²) in [6, 6.07) is 21.5. The van der Waals surface area contributed by atoms with Crippen molar-refractivity contribution in [2.24, 2.45) is 0 Å². The fourth-order valence-electron chi connectivity index (χ4n) is 2.99. The molecule has 0 saturated carbocycles. The zero-order chi connectivity index (χ0) is 18.0. The van der Waals surface area contributed by atoms with E-state index in [2.05, 4.69) is 95.3 Å². The summed E-state index contributed by atoms with van der Waals surface area (Å²) in [7, 11) is 0. The van der Waals surface area contributed by atoms with Gasteiger partial charge >= 0.3 is 0 Å². The van der Waals surface area contributed by atoms with Crippen LogP contribution < -0.4 is 0 Å². The third kappa shape index (κ3) is 3.87. The fraction of sp³-hybridized carbons (Fsp3) is 0.333. The molecule has 0 fully saturated rings. The molecule has 1 nitrogen and oxygen atoms in total. The molecule has 0 radical (unpaired) electrons. The molecular formula is C24H28O. The fourth-order valence-corrected chi connectivity index (χ4v) is 2.99. The predicted octanol–water partition coefficient (Wildman–Crippen LogP) is 7.42. The van der Waals surface area contributed by atoms with Crippen LogP contribution in [0, 0.1) is 0 Å². The van der Waals surface area contributed by atoms with E-state index >= 15 is 0 Å². The summed E-state index contributed by atoms with van der Waals surface area (Å²) in [5.41, 5.74) is 5.14. The molecule has 1 atom stereocenters. The second-order valence-corrected chi connectivity index (χ2v) is 7.92. The molecule has 2 aromatic carbocycles. The van der Waals surface area contributed by atoms with Gasteiger partial charge in [0.15, 0.2) is 0 Å². The Kier molecular flexibility index (Phi) is 4.85. The molecule has 1 aromatic heterocycles. The standard InChI is InChI=1S/C24H28O/c1-6-17(2)18-7-9-19(10-8-18)22-15-16-23(25-22)20-11-13-21(14-12-20)24(3,4)5/h7-17H,6H2,1-5H3. The quantitative estimate of drug-likeness (QED) is 0.484.